The molecule has 0 bridgehead atoms. The molecule has 0 saturated heterocycles. The summed E-state index contributed by atoms with van der Waals surface area (Å²) in [6.45, 7) is 1.03. The Morgan fingerprint density at radius 2 is 1.81 bits per heavy atom. The fourth-order valence-corrected chi connectivity index (χ4v) is 3.40. The monoisotopic (exact) mass is 386 g/mol. The van der Waals surface area contributed by atoms with E-state index in [9.17, 15) is 4.79 Å². The Kier molecular flexibility index (Phi) is 6.86. The average molecular weight is 387 g/mol. The minimum atomic E-state index is -0.297. The van der Waals surface area contributed by atoms with Gasteiger partial charge in [0.2, 0.25) is 10.3 Å². The van der Waals surface area contributed by atoms with Crippen molar-refractivity contribution in [3.8, 4) is 5.75 Å². The van der Waals surface area contributed by atoms with Crippen LogP contribution in [-0.4, -0.2) is 27.7 Å². The van der Waals surface area contributed by atoms with Gasteiger partial charge in [0.15, 0.2) is 0 Å². The van der Waals surface area contributed by atoms with Gasteiger partial charge in [-0.3, -0.25) is 5.32 Å². The molecule has 3 aromatic rings. The molecule has 26 heavy (non-hydrogen) atoms. The minimum Gasteiger partial charge on any atom is -0.493 e. The molecule has 1 heterocycles. The Hall–Kier alpha value is -2.58. The van der Waals surface area contributed by atoms with Crippen molar-refractivity contribution in [3.05, 3.63) is 66.2 Å². The molecule has 0 unspecified atom stereocenters. The molecule has 3 rings (SSSR count). The predicted molar refractivity (Wildman–Crippen MR) is 105 cm³/mol. The third-order valence-electron chi connectivity index (χ3n) is 3.25. The second-order valence-corrected chi connectivity index (χ2v) is 7.00. The number of carbonyl (C=O) groups excluding carboxylic acids is 1. The summed E-state index contributed by atoms with van der Waals surface area (Å²) < 4.78 is 9.85. The number of carbonyl (C=O) groups is 1. The molecule has 2 N–H and O–H groups in total. The Morgan fingerprint density at radius 3 is 2.58 bits per heavy atom. The third-order valence-corrected chi connectivity index (χ3v) is 4.81. The zero-order valence-corrected chi connectivity index (χ0v) is 15.6. The number of aromatic nitrogens is 2. The van der Waals surface area contributed by atoms with Crippen molar-refractivity contribution in [2.45, 2.75) is 11.7 Å². The van der Waals surface area contributed by atoms with Crippen LogP contribution < -0.4 is 15.4 Å². The predicted octanol–water partition coefficient (Wildman–Crippen LogP) is 4.03. The summed E-state index contributed by atoms with van der Waals surface area (Å²) >= 11 is 2.65. The maximum absolute atomic E-state index is 11.9. The van der Waals surface area contributed by atoms with Gasteiger partial charge in [0.05, 0.1) is 6.61 Å². The van der Waals surface area contributed by atoms with Gasteiger partial charge in [0.25, 0.3) is 0 Å². The minimum absolute atomic E-state index is 0.297. The number of urea groups is 1. The summed E-state index contributed by atoms with van der Waals surface area (Å²) in [4.78, 5) is 16.2. The van der Waals surface area contributed by atoms with Crippen molar-refractivity contribution in [2.24, 2.45) is 0 Å². The van der Waals surface area contributed by atoms with E-state index in [1.54, 1.807) is 0 Å². The number of benzene rings is 2. The first kappa shape index (κ1) is 18.2. The highest BCUT2D eigenvalue weighted by Crippen LogP contribution is 2.20. The molecule has 0 fully saturated rings. The molecule has 0 aliphatic carbocycles. The van der Waals surface area contributed by atoms with Gasteiger partial charge in [0, 0.05) is 23.8 Å². The molecule has 2 amide bonds. The highest BCUT2D eigenvalue weighted by Gasteiger charge is 2.08. The zero-order valence-electron chi connectivity index (χ0n) is 13.9. The highest BCUT2D eigenvalue weighted by atomic mass is 32.2. The average Bonchev–Trinajstić information content (AvgIpc) is 3.12. The van der Waals surface area contributed by atoms with Crippen molar-refractivity contribution < 1.29 is 9.53 Å². The Bertz CT molecular complexity index is 812. The second kappa shape index (κ2) is 9.79. The Morgan fingerprint density at radius 1 is 1.08 bits per heavy atom. The van der Waals surface area contributed by atoms with E-state index in [0.717, 1.165) is 28.6 Å². The van der Waals surface area contributed by atoms with Gasteiger partial charge >= 0.3 is 6.03 Å². The van der Waals surface area contributed by atoms with E-state index in [4.69, 9.17) is 4.74 Å². The first-order valence-electron chi connectivity index (χ1n) is 8.03. The first-order chi connectivity index (χ1) is 12.8. The molecular formula is C18H18N4O2S2. The lowest BCUT2D eigenvalue weighted by molar-refractivity contribution is 0.251. The van der Waals surface area contributed by atoms with Crippen LogP contribution in [0.5, 0.6) is 5.75 Å². The Labute approximate surface area is 160 Å². The van der Waals surface area contributed by atoms with Crippen LogP contribution in [0.1, 0.15) is 5.56 Å². The highest BCUT2D eigenvalue weighted by molar-refractivity contribution is 7.99. The van der Waals surface area contributed by atoms with E-state index < -0.39 is 0 Å². The SMILES string of the molecule is O=C(NCc1ccccc1)Nc1nc(SCCOc2ccccc2)ns1. The number of nitrogens with zero attached hydrogens (tertiary/aromatic N) is 2. The number of anilines is 1. The molecule has 134 valence electrons. The van der Waals surface area contributed by atoms with Crippen LogP contribution in [-0.2, 0) is 6.54 Å². The van der Waals surface area contributed by atoms with Gasteiger partial charge in [-0.15, -0.1) is 0 Å². The number of para-hydroxylation sites is 1. The van der Waals surface area contributed by atoms with Crippen LogP contribution >= 0.6 is 23.3 Å². The summed E-state index contributed by atoms with van der Waals surface area (Å²) in [5.41, 5.74) is 1.04. The van der Waals surface area contributed by atoms with Gasteiger partial charge < -0.3 is 10.1 Å². The summed E-state index contributed by atoms with van der Waals surface area (Å²) in [5.74, 6) is 1.57. The molecular weight excluding hydrogens is 368 g/mol. The smallest absolute Gasteiger partial charge is 0.321 e. The molecule has 0 spiro atoms. The van der Waals surface area contributed by atoms with Crippen LogP contribution in [0.15, 0.2) is 65.8 Å². The van der Waals surface area contributed by atoms with E-state index in [-0.39, 0.29) is 6.03 Å². The molecule has 6 nitrogen and oxygen atoms in total. The largest absolute Gasteiger partial charge is 0.493 e. The molecule has 0 saturated carbocycles. The summed E-state index contributed by atoms with van der Waals surface area (Å²) in [7, 11) is 0. The second-order valence-electron chi connectivity index (χ2n) is 5.19. The number of amides is 2. The number of ether oxygens (including phenoxy) is 1. The topological polar surface area (TPSA) is 76.1 Å². The van der Waals surface area contributed by atoms with Crippen LogP contribution in [0.3, 0.4) is 0 Å². The quantitative estimate of drug-likeness (QED) is 0.451. The molecule has 0 atom stereocenters. The van der Waals surface area contributed by atoms with Crippen molar-refractivity contribution in [3.63, 3.8) is 0 Å². The fourth-order valence-electron chi connectivity index (χ4n) is 2.05. The van der Waals surface area contributed by atoms with Crippen LogP contribution in [0.25, 0.3) is 0 Å². The van der Waals surface area contributed by atoms with E-state index in [1.165, 1.54) is 11.8 Å². The van der Waals surface area contributed by atoms with E-state index in [2.05, 4.69) is 20.0 Å². The lowest BCUT2D eigenvalue weighted by atomic mass is 10.2. The van der Waals surface area contributed by atoms with Gasteiger partial charge in [-0.1, -0.05) is 60.3 Å². The molecule has 2 aromatic carbocycles. The number of hydrogen-bond acceptors (Lipinski definition) is 6. The van der Waals surface area contributed by atoms with Crippen molar-refractivity contribution in [2.75, 3.05) is 17.7 Å². The molecule has 0 aliphatic rings. The summed E-state index contributed by atoms with van der Waals surface area (Å²) in [6, 6.07) is 19.1. The number of nitrogens with one attached hydrogen (secondary N) is 2. The molecule has 8 heteroatoms. The van der Waals surface area contributed by atoms with Gasteiger partial charge in [0.1, 0.15) is 5.75 Å². The Balaban J connectivity index is 1.36. The lowest BCUT2D eigenvalue weighted by Gasteiger charge is -2.05. The number of thioether (sulfide) groups is 1. The van der Waals surface area contributed by atoms with Gasteiger partial charge in [-0.2, -0.15) is 9.36 Å². The van der Waals surface area contributed by atoms with Crippen LogP contribution in [0, 0.1) is 0 Å². The maximum atomic E-state index is 11.9. The normalized spacial score (nSPS) is 10.3. The van der Waals surface area contributed by atoms with E-state index in [0.29, 0.717) is 23.4 Å². The number of hydrogen-bond donors (Lipinski definition) is 2. The first-order valence-corrected chi connectivity index (χ1v) is 9.78. The van der Waals surface area contributed by atoms with Crippen LogP contribution in [0.4, 0.5) is 9.93 Å². The van der Waals surface area contributed by atoms with E-state index >= 15 is 0 Å². The standard InChI is InChI=1S/C18H18N4O2S2/c23-16(19-13-14-7-3-1-4-8-14)20-17-21-18(22-26-17)25-12-11-24-15-9-5-2-6-10-15/h1-10H,11-13H2,(H2,19,20,21,22,23). The van der Waals surface area contributed by atoms with Gasteiger partial charge in [-0.05, 0) is 17.7 Å². The van der Waals surface area contributed by atoms with Crippen molar-refractivity contribution >= 4 is 34.5 Å². The van der Waals surface area contributed by atoms with E-state index in [1.807, 2.05) is 60.7 Å². The van der Waals surface area contributed by atoms with Gasteiger partial charge in [-0.25, -0.2) is 4.79 Å². The molecule has 1 aromatic heterocycles. The molecule has 0 radical (unpaired) electrons. The summed E-state index contributed by atoms with van der Waals surface area (Å²) in [6.07, 6.45) is 0. The summed E-state index contributed by atoms with van der Waals surface area (Å²) in [5, 5.41) is 6.59. The van der Waals surface area contributed by atoms with Crippen molar-refractivity contribution in [1.29, 1.82) is 0 Å². The zero-order chi connectivity index (χ0) is 18.0. The molecule has 0 aliphatic heterocycles. The number of rotatable bonds is 8. The lowest BCUT2D eigenvalue weighted by Crippen LogP contribution is -2.28. The third kappa shape index (κ3) is 6.05. The maximum Gasteiger partial charge on any atom is 0.321 e. The fraction of sp³-hybridized carbons (Fsp3) is 0.167. The van der Waals surface area contributed by atoms with Crippen molar-refractivity contribution in [1.82, 2.24) is 14.7 Å². The van der Waals surface area contributed by atoms with Crippen LogP contribution in [0.2, 0.25) is 0 Å².